The first-order valence-electron chi connectivity index (χ1n) is 9.62. The number of ether oxygens (including phenoxy) is 2. The fraction of sp³-hybridized carbons (Fsp3) is 0.348. The normalized spacial score (nSPS) is 11.1. The summed E-state index contributed by atoms with van der Waals surface area (Å²) in [7, 11) is 3.27. The zero-order valence-corrected chi connectivity index (χ0v) is 17.4. The highest BCUT2D eigenvalue weighted by Crippen LogP contribution is 2.38. The van der Waals surface area contributed by atoms with Crippen LogP contribution in [0.1, 0.15) is 22.6 Å². The number of methoxy groups -OCH3 is 2. The van der Waals surface area contributed by atoms with Crippen molar-refractivity contribution in [3.63, 3.8) is 0 Å². The largest absolute Gasteiger partial charge is 0.496 e. The minimum absolute atomic E-state index is 0.0854. The third-order valence-corrected chi connectivity index (χ3v) is 4.94. The Morgan fingerprint density at radius 3 is 2.41 bits per heavy atom. The van der Waals surface area contributed by atoms with E-state index in [0.717, 1.165) is 34.9 Å². The lowest BCUT2D eigenvalue weighted by molar-refractivity contribution is 0.182. The van der Waals surface area contributed by atoms with Crippen LogP contribution >= 0.6 is 0 Å². The van der Waals surface area contributed by atoms with Gasteiger partial charge in [-0.2, -0.15) is 0 Å². The van der Waals surface area contributed by atoms with Crippen molar-refractivity contribution in [2.75, 3.05) is 27.4 Å². The van der Waals surface area contributed by atoms with E-state index >= 15 is 0 Å². The Kier molecular flexibility index (Phi) is 6.90. The molecule has 6 nitrogen and oxygen atoms in total. The second-order valence-corrected chi connectivity index (χ2v) is 6.92. The first kappa shape index (κ1) is 20.9. The van der Waals surface area contributed by atoms with E-state index < -0.39 is 0 Å². The molecule has 0 bridgehead atoms. The molecule has 0 amide bonds. The molecule has 0 aliphatic carbocycles. The molecule has 1 N–H and O–H groups in total. The summed E-state index contributed by atoms with van der Waals surface area (Å²) in [6.45, 7) is 5.81. The maximum absolute atomic E-state index is 9.48. The Morgan fingerprint density at radius 2 is 1.76 bits per heavy atom. The van der Waals surface area contributed by atoms with E-state index in [0.29, 0.717) is 24.7 Å². The van der Waals surface area contributed by atoms with Crippen molar-refractivity contribution in [1.29, 1.82) is 0 Å². The summed E-state index contributed by atoms with van der Waals surface area (Å²) in [5.74, 6) is 2.72. The van der Waals surface area contributed by atoms with Crippen LogP contribution in [-0.4, -0.2) is 42.4 Å². The highest BCUT2D eigenvalue weighted by Gasteiger charge is 2.20. The summed E-state index contributed by atoms with van der Waals surface area (Å²) in [4.78, 5) is 6.89. The molecule has 0 aliphatic heterocycles. The molecule has 0 unspecified atom stereocenters. The van der Waals surface area contributed by atoms with Crippen molar-refractivity contribution in [2.24, 2.45) is 0 Å². The predicted molar refractivity (Wildman–Crippen MR) is 112 cm³/mol. The van der Waals surface area contributed by atoms with E-state index in [2.05, 4.69) is 17.0 Å². The van der Waals surface area contributed by atoms with Crippen LogP contribution < -0.4 is 9.47 Å². The summed E-state index contributed by atoms with van der Waals surface area (Å²) in [5.41, 5.74) is 3.72. The van der Waals surface area contributed by atoms with Crippen LogP contribution in [0.15, 0.2) is 46.9 Å². The zero-order valence-electron chi connectivity index (χ0n) is 17.4. The van der Waals surface area contributed by atoms with Crippen LogP contribution in [-0.2, 0) is 13.1 Å². The zero-order chi connectivity index (χ0) is 20.8. The molecule has 3 aromatic rings. The van der Waals surface area contributed by atoms with Gasteiger partial charge in [0, 0.05) is 25.2 Å². The van der Waals surface area contributed by atoms with E-state index in [-0.39, 0.29) is 6.61 Å². The number of hydrogen-bond donors (Lipinski definition) is 1. The maximum atomic E-state index is 9.48. The molecule has 1 aromatic heterocycles. The molecule has 0 saturated heterocycles. The molecule has 0 atom stereocenters. The molecule has 1 heterocycles. The summed E-state index contributed by atoms with van der Waals surface area (Å²) in [5, 5.41) is 9.48. The van der Waals surface area contributed by atoms with Gasteiger partial charge in [-0.15, -0.1) is 0 Å². The smallest absolute Gasteiger partial charge is 0.230 e. The number of aryl methyl sites for hydroxylation is 1. The van der Waals surface area contributed by atoms with Crippen molar-refractivity contribution in [1.82, 2.24) is 9.88 Å². The molecule has 3 rings (SSSR count). The van der Waals surface area contributed by atoms with Crippen LogP contribution in [0.25, 0.3) is 11.5 Å². The van der Waals surface area contributed by atoms with E-state index in [4.69, 9.17) is 18.9 Å². The predicted octanol–water partition coefficient (Wildman–Crippen LogP) is 3.97. The lowest BCUT2D eigenvalue weighted by atomic mass is 10.1. The second kappa shape index (κ2) is 9.58. The first-order valence-corrected chi connectivity index (χ1v) is 9.62. The summed E-state index contributed by atoms with van der Waals surface area (Å²) in [6, 6.07) is 14.0. The van der Waals surface area contributed by atoms with Crippen molar-refractivity contribution >= 4 is 0 Å². The van der Waals surface area contributed by atoms with Gasteiger partial charge < -0.3 is 19.0 Å². The highest BCUT2D eigenvalue weighted by molar-refractivity contribution is 5.68. The third-order valence-electron chi connectivity index (χ3n) is 4.94. The van der Waals surface area contributed by atoms with Gasteiger partial charge in [0.1, 0.15) is 17.3 Å². The Bertz CT molecular complexity index is 938. The van der Waals surface area contributed by atoms with Crippen molar-refractivity contribution in [2.45, 2.75) is 26.9 Å². The number of aromatic nitrogens is 1. The van der Waals surface area contributed by atoms with Gasteiger partial charge in [0.25, 0.3) is 0 Å². The topological polar surface area (TPSA) is 68.0 Å². The number of oxazole rings is 1. The Labute approximate surface area is 171 Å². The van der Waals surface area contributed by atoms with Crippen LogP contribution in [0.4, 0.5) is 0 Å². The Morgan fingerprint density at radius 1 is 1.00 bits per heavy atom. The third kappa shape index (κ3) is 4.78. The van der Waals surface area contributed by atoms with Gasteiger partial charge in [-0.25, -0.2) is 4.98 Å². The average Bonchev–Trinajstić information content (AvgIpc) is 3.08. The van der Waals surface area contributed by atoms with Crippen LogP contribution in [0.5, 0.6) is 11.5 Å². The van der Waals surface area contributed by atoms with E-state index in [1.807, 2.05) is 44.2 Å². The Balaban J connectivity index is 1.87. The quantitative estimate of drug-likeness (QED) is 0.590. The van der Waals surface area contributed by atoms with Crippen LogP contribution in [0.3, 0.4) is 0 Å². The Hall–Kier alpha value is -2.83. The number of nitrogens with zero attached hydrogens (tertiary/aromatic N) is 2. The number of rotatable bonds is 9. The molecule has 6 heteroatoms. The lowest BCUT2D eigenvalue weighted by Gasteiger charge is -2.20. The number of aliphatic hydroxyl groups is 1. The summed E-state index contributed by atoms with van der Waals surface area (Å²) >= 11 is 0. The standard InChI is InChI=1S/C23H28N2O4/c1-16-21(27-3)11-10-19(22(16)28-4)23-24-20(17(2)29-23)15-25(12-13-26)14-18-8-6-5-7-9-18/h5-11,26H,12-15H2,1-4H3. The molecular weight excluding hydrogens is 368 g/mol. The molecule has 0 saturated carbocycles. The van der Waals surface area contributed by atoms with Crippen molar-refractivity contribution in [3.05, 3.63) is 65.0 Å². The van der Waals surface area contributed by atoms with E-state index in [1.165, 1.54) is 5.56 Å². The van der Waals surface area contributed by atoms with Gasteiger partial charge in [0.05, 0.1) is 32.1 Å². The fourth-order valence-electron chi connectivity index (χ4n) is 3.42. The van der Waals surface area contributed by atoms with E-state index in [1.54, 1.807) is 14.2 Å². The van der Waals surface area contributed by atoms with Gasteiger partial charge in [0.15, 0.2) is 0 Å². The average molecular weight is 396 g/mol. The summed E-state index contributed by atoms with van der Waals surface area (Å²) < 4.78 is 17.0. The molecule has 0 fully saturated rings. The number of aliphatic hydroxyl groups excluding tert-OH is 1. The van der Waals surface area contributed by atoms with Gasteiger partial charge >= 0.3 is 0 Å². The van der Waals surface area contributed by atoms with Crippen molar-refractivity contribution in [3.8, 4) is 23.0 Å². The fourth-order valence-corrected chi connectivity index (χ4v) is 3.42. The molecule has 0 spiro atoms. The van der Waals surface area contributed by atoms with Gasteiger partial charge in [-0.3, -0.25) is 4.90 Å². The molecule has 0 aliphatic rings. The molecule has 154 valence electrons. The van der Waals surface area contributed by atoms with Gasteiger partial charge in [0.2, 0.25) is 5.89 Å². The minimum atomic E-state index is 0.0854. The molecule has 0 radical (unpaired) electrons. The lowest BCUT2D eigenvalue weighted by Crippen LogP contribution is -2.26. The summed E-state index contributed by atoms with van der Waals surface area (Å²) in [6.07, 6.45) is 0. The van der Waals surface area contributed by atoms with Crippen molar-refractivity contribution < 1.29 is 19.0 Å². The number of hydrogen-bond acceptors (Lipinski definition) is 6. The highest BCUT2D eigenvalue weighted by atomic mass is 16.5. The first-order chi connectivity index (χ1) is 14.1. The SMILES string of the molecule is COc1ccc(-c2nc(CN(CCO)Cc3ccccc3)c(C)o2)c(OC)c1C. The van der Waals surface area contributed by atoms with Gasteiger partial charge in [-0.1, -0.05) is 30.3 Å². The number of benzene rings is 2. The van der Waals surface area contributed by atoms with E-state index in [9.17, 15) is 5.11 Å². The maximum Gasteiger partial charge on any atom is 0.230 e. The van der Waals surface area contributed by atoms with Gasteiger partial charge in [-0.05, 0) is 31.5 Å². The molecule has 29 heavy (non-hydrogen) atoms. The minimum Gasteiger partial charge on any atom is -0.496 e. The molecular formula is C23H28N2O4. The monoisotopic (exact) mass is 396 g/mol. The van der Waals surface area contributed by atoms with Crippen LogP contribution in [0, 0.1) is 13.8 Å². The second-order valence-electron chi connectivity index (χ2n) is 6.92. The molecule has 2 aromatic carbocycles. The van der Waals surface area contributed by atoms with Crippen LogP contribution in [0.2, 0.25) is 0 Å².